The van der Waals surface area contributed by atoms with Crippen LogP contribution in [0.1, 0.15) is 46.8 Å². The van der Waals surface area contributed by atoms with Crippen LogP contribution in [0.4, 0.5) is 42.5 Å². The molecule has 3 amide bonds. The number of alkyl halides is 6. The van der Waals surface area contributed by atoms with Crippen molar-refractivity contribution >= 4 is 23.3 Å². The number of benzene rings is 3. The predicted octanol–water partition coefficient (Wildman–Crippen LogP) is 7.96. The Balaban J connectivity index is 1.34. The Kier molecular flexibility index (Phi) is 7.17. The minimum absolute atomic E-state index is 0.00723. The SMILES string of the molecule is Cc1ccc(C2c3cccn3-c3ccccc3N2C(=O)CN(C(=O)Nc2cc(C(F)(F)F)cc(C(F)(F)F)c2)C2CC2)cc1. The molecular formula is C32H26F6N4O2. The monoisotopic (exact) mass is 612 g/mol. The summed E-state index contributed by atoms with van der Waals surface area (Å²) in [6.45, 7) is 1.50. The first-order valence-corrected chi connectivity index (χ1v) is 13.8. The summed E-state index contributed by atoms with van der Waals surface area (Å²) in [5.41, 5.74) is 0.227. The van der Waals surface area contributed by atoms with Crippen LogP contribution in [0, 0.1) is 6.92 Å². The second kappa shape index (κ2) is 10.8. The van der Waals surface area contributed by atoms with Gasteiger partial charge in [-0.15, -0.1) is 0 Å². The number of anilines is 2. The second-order valence-corrected chi connectivity index (χ2v) is 11.0. The Hall–Kier alpha value is -4.74. The van der Waals surface area contributed by atoms with Crippen molar-refractivity contribution in [1.29, 1.82) is 0 Å². The summed E-state index contributed by atoms with van der Waals surface area (Å²) in [5.74, 6) is -0.461. The van der Waals surface area contributed by atoms with Gasteiger partial charge >= 0.3 is 18.4 Å². The molecule has 1 N–H and O–H groups in total. The highest BCUT2D eigenvalue weighted by atomic mass is 19.4. The first-order chi connectivity index (χ1) is 20.8. The van der Waals surface area contributed by atoms with Crippen LogP contribution in [-0.4, -0.2) is 34.0 Å². The van der Waals surface area contributed by atoms with E-state index in [0.29, 0.717) is 30.7 Å². The van der Waals surface area contributed by atoms with Crippen LogP contribution in [0.5, 0.6) is 0 Å². The number of rotatable bonds is 5. The largest absolute Gasteiger partial charge is 0.416 e. The van der Waals surface area contributed by atoms with Gasteiger partial charge in [0.05, 0.1) is 28.2 Å². The predicted molar refractivity (Wildman–Crippen MR) is 151 cm³/mol. The zero-order valence-electron chi connectivity index (χ0n) is 23.3. The van der Waals surface area contributed by atoms with Crippen LogP contribution in [-0.2, 0) is 17.1 Å². The molecule has 0 saturated heterocycles. The van der Waals surface area contributed by atoms with Gasteiger partial charge in [-0.05, 0) is 67.8 Å². The third kappa shape index (κ3) is 5.63. The number of nitrogens with zero attached hydrogens (tertiary/aromatic N) is 3. The lowest BCUT2D eigenvalue weighted by Gasteiger charge is -2.39. The molecule has 1 aliphatic heterocycles. The third-order valence-electron chi connectivity index (χ3n) is 7.77. The molecule has 0 bridgehead atoms. The summed E-state index contributed by atoms with van der Waals surface area (Å²) in [6.07, 6.45) is -7.17. The van der Waals surface area contributed by atoms with E-state index < -0.39 is 59.7 Å². The van der Waals surface area contributed by atoms with Crippen LogP contribution in [0.15, 0.2) is 85.1 Å². The van der Waals surface area contributed by atoms with Crippen molar-refractivity contribution in [1.82, 2.24) is 9.47 Å². The second-order valence-electron chi connectivity index (χ2n) is 11.0. The van der Waals surface area contributed by atoms with E-state index >= 15 is 0 Å². The van der Waals surface area contributed by atoms with Crippen molar-refractivity contribution in [3.63, 3.8) is 0 Å². The maximum atomic E-state index is 14.2. The van der Waals surface area contributed by atoms with Crippen molar-refractivity contribution in [2.45, 2.75) is 44.2 Å². The van der Waals surface area contributed by atoms with Gasteiger partial charge in [0, 0.05) is 17.9 Å². The summed E-state index contributed by atoms with van der Waals surface area (Å²) in [5, 5.41) is 2.19. The quantitative estimate of drug-likeness (QED) is 0.233. The highest BCUT2D eigenvalue weighted by molar-refractivity contribution is 6.01. The molecule has 228 valence electrons. The van der Waals surface area contributed by atoms with E-state index in [-0.39, 0.29) is 6.07 Å². The maximum absolute atomic E-state index is 14.2. The van der Waals surface area contributed by atoms with Crippen molar-refractivity contribution in [3.05, 3.63) is 113 Å². The highest BCUT2D eigenvalue weighted by Crippen LogP contribution is 2.43. The average Bonchev–Trinajstić information content (AvgIpc) is 3.69. The normalized spacial score (nSPS) is 16.2. The van der Waals surface area contributed by atoms with E-state index in [1.54, 1.807) is 17.0 Å². The molecule has 12 heteroatoms. The molecule has 1 saturated carbocycles. The molecule has 6 nitrogen and oxygen atoms in total. The molecular weight excluding hydrogens is 586 g/mol. The number of urea groups is 1. The van der Waals surface area contributed by atoms with Gasteiger partial charge in [0.1, 0.15) is 12.6 Å². The van der Waals surface area contributed by atoms with Gasteiger partial charge in [0.15, 0.2) is 0 Å². The summed E-state index contributed by atoms with van der Waals surface area (Å²) in [7, 11) is 0. The molecule has 6 rings (SSSR count). The zero-order valence-corrected chi connectivity index (χ0v) is 23.3. The van der Waals surface area contributed by atoms with Crippen LogP contribution >= 0.6 is 0 Å². The molecule has 4 aromatic rings. The van der Waals surface area contributed by atoms with E-state index in [0.717, 1.165) is 22.5 Å². The lowest BCUT2D eigenvalue weighted by molar-refractivity contribution is -0.143. The van der Waals surface area contributed by atoms with E-state index in [2.05, 4.69) is 5.32 Å². The van der Waals surface area contributed by atoms with E-state index in [1.807, 2.05) is 66.2 Å². The van der Waals surface area contributed by atoms with Crippen molar-refractivity contribution < 1.29 is 35.9 Å². The number of halogens is 6. The molecule has 1 aromatic heterocycles. The van der Waals surface area contributed by atoms with Gasteiger partial charge in [-0.3, -0.25) is 9.69 Å². The lowest BCUT2D eigenvalue weighted by Crippen LogP contribution is -2.48. The fraction of sp³-hybridized carbons (Fsp3) is 0.250. The fourth-order valence-electron chi connectivity index (χ4n) is 5.52. The molecule has 44 heavy (non-hydrogen) atoms. The number of hydrogen-bond acceptors (Lipinski definition) is 2. The van der Waals surface area contributed by atoms with Crippen LogP contribution < -0.4 is 10.2 Å². The number of nitrogens with one attached hydrogen (secondary N) is 1. The van der Waals surface area contributed by atoms with E-state index in [9.17, 15) is 35.9 Å². The minimum Gasteiger partial charge on any atom is -0.316 e. The smallest absolute Gasteiger partial charge is 0.316 e. The number of carbonyl (C=O) groups is 2. The number of hydrogen-bond donors (Lipinski definition) is 1. The Morgan fingerprint density at radius 1 is 0.841 bits per heavy atom. The molecule has 3 aromatic carbocycles. The average molecular weight is 613 g/mol. The Morgan fingerprint density at radius 2 is 1.45 bits per heavy atom. The van der Waals surface area contributed by atoms with Crippen LogP contribution in [0.3, 0.4) is 0 Å². The van der Waals surface area contributed by atoms with Gasteiger partial charge in [0.2, 0.25) is 5.91 Å². The molecule has 1 unspecified atom stereocenters. The number of carbonyl (C=O) groups excluding carboxylic acids is 2. The first kappa shape index (κ1) is 29.3. The molecule has 2 aliphatic rings. The number of aryl methyl sites for hydroxylation is 1. The number of fused-ring (bicyclic) bond motifs is 3. The molecule has 0 radical (unpaired) electrons. The molecule has 1 atom stereocenters. The van der Waals surface area contributed by atoms with Crippen molar-refractivity contribution in [3.8, 4) is 5.69 Å². The maximum Gasteiger partial charge on any atom is 0.416 e. The molecule has 0 spiro atoms. The lowest BCUT2D eigenvalue weighted by atomic mass is 9.97. The standard InChI is InChI=1S/C32H26F6N4O2/c1-19-8-10-20(11-9-19)29-27-7-4-14-40(27)25-5-2-3-6-26(25)42(29)28(43)18-41(24-12-13-24)30(44)39-23-16-21(31(33,34)35)15-22(17-23)32(36,37)38/h2-11,14-17,24,29H,12-13,18H2,1H3,(H,39,44). The summed E-state index contributed by atoms with van der Waals surface area (Å²) >= 11 is 0. The van der Waals surface area contributed by atoms with E-state index in [4.69, 9.17) is 0 Å². The molecule has 1 aliphatic carbocycles. The summed E-state index contributed by atoms with van der Waals surface area (Å²) in [6, 6.07) is 17.7. The summed E-state index contributed by atoms with van der Waals surface area (Å²) < 4.78 is 82.4. The van der Waals surface area contributed by atoms with Crippen molar-refractivity contribution in [2.75, 3.05) is 16.8 Å². The number of amides is 3. The first-order valence-electron chi connectivity index (χ1n) is 13.8. The van der Waals surface area contributed by atoms with Gasteiger partial charge in [-0.1, -0.05) is 42.0 Å². The Bertz CT molecular complexity index is 1690. The number of aromatic nitrogens is 1. The number of para-hydroxylation sites is 2. The summed E-state index contributed by atoms with van der Waals surface area (Å²) in [4.78, 5) is 30.4. The minimum atomic E-state index is -5.07. The van der Waals surface area contributed by atoms with E-state index in [1.165, 1.54) is 4.90 Å². The highest BCUT2D eigenvalue weighted by Gasteiger charge is 2.41. The van der Waals surface area contributed by atoms with Crippen molar-refractivity contribution in [2.24, 2.45) is 0 Å². The fourth-order valence-corrected chi connectivity index (χ4v) is 5.52. The van der Waals surface area contributed by atoms with Gasteiger partial charge in [0.25, 0.3) is 0 Å². The third-order valence-corrected chi connectivity index (χ3v) is 7.77. The van der Waals surface area contributed by atoms with Gasteiger partial charge in [-0.2, -0.15) is 26.3 Å². The zero-order chi connectivity index (χ0) is 31.4. The van der Waals surface area contributed by atoms with Crippen LogP contribution in [0.2, 0.25) is 0 Å². The Labute approximate surface area is 248 Å². The molecule has 1 fully saturated rings. The van der Waals surface area contributed by atoms with Crippen LogP contribution in [0.25, 0.3) is 5.69 Å². The molecule has 2 heterocycles. The topological polar surface area (TPSA) is 57.6 Å². The van der Waals surface area contributed by atoms with Gasteiger partial charge < -0.3 is 14.8 Å². The van der Waals surface area contributed by atoms with Gasteiger partial charge in [-0.25, -0.2) is 4.79 Å². The Morgan fingerprint density at radius 3 is 2.05 bits per heavy atom.